The first kappa shape index (κ1) is 31.5. The zero-order chi connectivity index (χ0) is 36.0. The summed E-state index contributed by atoms with van der Waals surface area (Å²) in [5.74, 6) is 2.39. The lowest BCUT2D eigenvalue weighted by molar-refractivity contribution is 0.914. The lowest BCUT2D eigenvalue weighted by Crippen LogP contribution is -2.05. The van der Waals surface area contributed by atoms with Crippen molar-refractivity contribution in [1.29, 1.82) is 0 Å². The van der Waals surface area contributed by atoms with E-state index in [1.165, 1.54) is 5.57 Å². The second kappa shape index (κ2) is 13.1. The van der Waals surface area contributed by atoms with E-state index in [0.29, 0.717) is 0 Å². The quantitative estimate of drug-likeness (QED) is 0.166. The Bertz CT molecular complexity index is 2740. The molecule has 10 rings (SSSR count). The average Bonchev–Trinajstić information content (AvgIpc) is 3.89. The summed E-state index contributed by atoms with van der Waals surface area (Å²) in [4.78, 5) is 25.5. The Morgan fingerprint density at radius 3 is 1.46 bits per heavy atom. The lowest BCUT2D eigenvalue weighted by atomic mass is 10.0. The molecule has 0 saturated carbocycles. The third-order valence-corrected chi connectivity index (χ3v) is 10.0. The zero-order valence-electron chi connectivity index (χ0n) is 29.6. The van der Waals surface area contributed by atoms with E-state index in [1.807, 2.05) is 73.1 Å². The van der Waals surface area contributed by atoms with Crippen LogP contribution in [0.25, 0.3) is 79.6 Å². The van der Waals surface area contributed by atoms with Crippen LogP contribution in [0.15, 0.2) is 164 Å². The van der Waals surface area contributed by atoms with Gasteiger partial charge in [-0.3, -0.25) is 13.7 Å². The van der Waals surface area contributed by atoms with Crippen molar-refractivity contribution in [2.45, 2.75) is 19.8 Å². The molecule has 4 aromatic carbocycles. The number of pyridine rings is 2. The van der Waals surface area contributed by atoms with Gasteiger partial charge in [0.2, 0.25) is 0 Å². The van der Waals surface area contributed by atoms with Crippen molar-refractivity contribution in [2.75, 3.05) is 0 Å². The Hall–Kier alpha value is -7.19. The molecule has 0 spiro atoms. The Morgan fingerprint density at radius 1 is 0.519 bits per heavy atom. The summed E-state index contributed by atoms with van der Waals surface area (Å²) in [6.07, 6.45) is 11.9. The number of nitrogens with zero attached hydrogens (tertiary/aromatic N) is 8. The molecule has 258 valence electrons. The molecule has 0 fully saturated rings. The van der Waals surface area contributed by atoms with E-state index in [9.17, 15) is 0 Å². The van der Waals surface area contributed by atoms with Crippen LogP contribution >= 0.6 is 0 Å². The van der Waals surface area contributed by atoms with Gasteiger partial charge in [0.15, 0.2) is 11.3 Å². The highest BCUT2D eigenvalue weighted by molar-refractivity contribution is 5.86. The maximum atomic E-state index is 5.41. The summed E-state index contributed by atoms with van der Waals surface area (Å²) >= 11 is 0. The molecule has 0 saturated heterocycles. The summed E-state index contributed by atoms with van der Waals surface area (Å²) in [7, 11) is 0. The molecule has 0 amide bonds. The van der Waals surface area contributed by atoms with E-state index in [4.69, 9.17) is 24.9 Å². The maximum Gasteiger partial charge on any atom is 0.164 e. The molecule has 0 atom stereocenters. The van der Waals surface area contributed by atoms with Crippen LogP contribution in [0.5, 0.6) is 0 Å². The van der Waals surface area contributed by atoms with Crippen molar-refractivity contribution >= 4 is 28.4 Å². The Labute approximate surface area is 312 Å². The van der Waals surface area contributed by atoms with Crippen molar-refractivity contribution in [3.05, 3.63) is 175 Å². The first-order chi connectivity index (χ1) is 26.7. The number of allylic oxidation sites excluding steroid dienone is 3. The summed E-state index contributed by atoms with van der Waals surface area (Å²) in [5.41, 5.74) is 12.4. The standard InChI is InChI=1S/C46H34N8/c1-2-31-15-12-22-38-41(27-31)52(35-16-6-3-7-17-35)42(49-38)32-28-33(43-50-39-23-13-25-47-45(39)53(43)36-18-8-4-9-19-36)30-34(29-32)44-51-40-24-14-26-48-46(40)54(44)37-20-10-5-11-21-37/h3-26,28-30H,2,27H2,1H3. The first-order valence-electron chi connectivity index (χ1n) is 18.2. The number of hydrogen-bond donors (Lipinski definition) is 0. The van der Waals surface area contributed by atoms with Gasteiger partial charge in [0.25, 0.3) is 0 Å². The predicted octanol–water partition coefficient (Wildman–Crippen LogP) is 10.2. The molecule has 54 heavy (non-hydrogen) atoms. The van der Waals surface area contributed by atoms with Crippen molar-refractivity contribution in [3.63, 3.8) is 0 Å². The van der Waals surface area contributed by atoms with Crippen LogP contribution in [0.2, 0.25) is 0 Å². The van der Waals surface area contributed by atoms with Gasteiger partial charge >= 0.3 is 0 Å². The van der Waals surface area contributed by atoms with Gasteiger partial charge in [-0.2, -0.15) is 0 Å². The van der Waals surface area contributed by atoms with E-state index >= 15 is 0 Å². The molecule has 1 aliphatic rings. The van der Waals surface area contributed by atoms with Crippen LogP contribution < -0.4 is 0 Å². The van der Waals surface area contributed by atoms with E-state index < -0.39 is 0 Å². The molecule has 5 aromatic heterocycles. The van der Waals surface area contributed by atoms with Gasteiger partial charge in [0.05, 0.1) is 11.4 Å². The van der Waals surface area contributed by atoms with Crippen LogP contribution in [0.1, 0.15) is 24.7 Å². The van der Waals surface area contributed by atoms with Crippen molar-refractivity contribution in [1.82, 2.24) is 38.6 Å². The molecule has 0 bridgehead atoms. The summed E-state index contributed by atoms with van der Waals surface area (Å²) < 4.78 is 6.60. The van der Waals surface area contributed by atoms with Gasteiger partial charge in [-0.25, -0.2) is 24.9 Å². The second-order valence-corrected chi connectivity index (χ2v) is 13.4. The van der Waals surface area contributed by atoms with Gasteiger partial charge in [0, 0.05) is 52.6 Å². The van der Waals surface area contributed by atoms with E-state index in [1.54, 1.807) is 0 Å². The van der Waals surface area contributed by atoms with Gasteiger partial charge in [0.1, 0.15) is 28.5 Å². The third kappa shape index (κ3) is 5.35. The van der Waals surface area contributed by atoms with Crippen molar-refractivity contribution < 1.29 is 0 Å². The fraction of sp³-hybridized carbons (Fsp3) is 0.0652. The van der Waals surface area contributed by atoms with Gasteiger partial charge in [-0.05, 0) is 91.4 Å². The molecule has 0 aliphatic heterocycles. The number of benzene rings is 4. The number of rotatable bonds is 7. The number of para-hydroxylation sites is 3. The molecule has 9 aromatic rings. The van der Waals surface area contributed by atoms with Crippen LogP contribution in [-0.4, -0.2) is 38.6 Å². The monoisotopic (exact) mass is 698 g/mol. The first-order valence-corrected chi connectivity index (χ1v) is 18.2. The minimum atomic E-state index is 0.772. The van der Waals surface area contributed by atoms with Gasteiger partial charge < -0.3 is 0 Å². The van der Waals surface area contributed by atoms with Crippen LogP contribution in [0.3, 0.4) is 0 Å². The molecule has 1 aliphatic carbocycles. The van der Waals surface area contributed by atoms with E-state index in [-0.39, 0.29) is 0 Å². The minimum Gasteiger partial charge on any atom is -0.296 e. The molecule has 0 unspecified atom stereocenters. The molecule has 0 radical (unpaired) electrons. The fourth-order valence-electron chi connectivity index (χ4n) is 7.49. The fourth-order valence-corrected chi connectivity index (χ4v) is 7.49. The zero-order valence-corrected chi connectivity index (χ0v) is 29.6. The molecule has 8 heteroatoms. The van der Waals surface area contributed by atoms with Crippen molar-refractivity contribution in [2.24, 2.45) is 0 Å². The Balaban J connectivity index is 1.30. The average molecular weight is 699 g/mol. The predicted molar refractivity (Wildman–Crippen MR) is 216 cm³/mol. The maximum absolute atomic E-state index is 5.41. The highest BCUT2D eigenvalue weighted by Crippen LogP contribution is 2.38. The van der Waals surface area contributed by atoms with Crippen LogP contribution in [0, 0.1) is 0 Å². The molecule has 8 nitrogen and oxygen atoms in total. The van der Waals surface area contributed by atoms with Gasteiger partial charge in [-0.1, -0.05) is 79.2 Å². The minimum absolute atomic E-state index is 0.772. The van der Waals surface area contributed by atoms with Gasteiger partial charge in [-0.15, -0.1) is 0 Å². The summed E-state index contributed by atoms with van der Waals surface area (Å²) in [5, 5.41) is 0. The Morgan fingerprint density at radius 2 is 0.981 bits per heavy atom. The summed E-state index contributed by atoms with van der Waals surface area (Å²) in [6.45, 7) is 2.21. The highest BCUT2D eigenvalue weighted by atomic mass is 15.1. The smallest absolute Gasteiger partial charge is 0.164 e. The number of fused-ring (bicyclic) bond motifs is 3. The summed E-state index contributed by atoms with van der Waals surface area (Å²) in [6, 6.07) is 45.6. The third-order valence-electron chi connectivity index (χ3n) is 10.0. The molecule has 0 N–H and O–H groups in total. The van der Waals surface area contributed by atoms with E-state index in [2.05, 4.69) is 112 Å². The van der Waals surface area contributed by atoms with E-state index in [0.717, 1.165) is 97.8 Å². The normalized spacial score (nSPS) is 12.6. The molecular formula is C46H34N8. The van der Waals surface area contributed by atoms with Crippen LogP contribution in [0.4, 0.5) is 0 Å². The molecule has 5 heterocycles. The number of aromatic nitrogens is 8. The topological polar surface area (TPSA) is 79.2 Å². The second-order valence-electron chi connectivity index (χ2n) is 13.4. The largest absolute Gasteiger partial charge is 0.296 e. The van der Waals surface area contributed by atoms with Crippen molar-refractivity contribution in [3.8, 4) is 51.2 Å². The molecular weight excluding hydrogens is 665 g/mol. The van der Waals surface area contributed by atoms with Crippen LogP contribution in [-0.2, 0) is 6.42 Å². The number of hydrogen-bond acceptors (Lipinski definition) is 5. The SMILES string of the molecule is CCC1=CC=Cc2nc(-c3cc(-c4nc5cccnc5n4-c4ccccc4)cc(-c4nc5cccnc5n4-c4ccccc4)c3)n(-c3ccccc3)c2C1. The number of imidazole rings is 3. The lowest BCUT2D eigenvalue weighted by Gasteiger charge is -2.16. The highest BCUT2D eigenvalue weighted by Gasteiger charge is 2.25. The Kier molecular flexibility index (Phi) is 7.65.